The Morgan fingerprint density at radius 3 is 3.08 bits per heavy atom. The minimum Gasteiger partial charge on any atom is -0.314 e. The smallest absolute Gasteiger partial charge is 0.266 e. The van der Waals surface area contributed by atoms with Crippen LogP contribution < -0.4 is 10.9 Å². The van der Waals surface area contributed by atoms with Crippen molar-refractivity contribution in [1.82, 2.24) is 15.1 Å². The highest BCUT2D eigenvalue weighted by atomic mass is 16.1. The lowest BCUT2D eigenvalue weighted by Crippen LogP contribution is -2.23. The largest absolute Gasteiger partial charge is 0.314 e. The van der Waals surface area contributed by atoms with Crippen LogP contribution in [-0.4, -0.2) is 22.4 Å². The molecule has 1 saturated heterocycles. The Labute approximate surface area is 76.9 Å². The molecule has 0 bridgehead atoms. The Kier molecular flexibility index (Phi) is 2.22. The minimum atomic E-state index is 0.0491. The van der Waals surface area contributed by atoms with Gasteiger partial charge in [-0.15, -0.1) is 0 Å². The molecule has 0 saturated carbocycles. The third kappa shape index (κ3) is 1.83. The molecule has 1 fully saturated rings. The summed E-state index contributed by atoms with van der Waals surface area (Å²) in [6.07, 6.45) is 3.41. The molecule has 0 radical (unpaired) electrons. The highest BCUT2D eigenvalue weighted by Gasteiger charge is 2.15. The van der Waals surface area contributed by atoms with Crippen LogP contribution in [0.15, 0.2) is 10.9 Å². The predicted molar refractivity (Wildman–Crippen MR) is 50.8 cm³/mol. The Morgan fingerprint density at radius 1 is 1.69 bits per heavy atom. The van der Waals surface area contributed by atoms with E-state index in [1.165, 1.54) is 17.5 Å². The third-order valence-electron chi connectivity index (χ3n) is 2.57. The van der Waals surface area contributed by atoms with Gasteiger partial charge in [0.05, 0.1) is 0 Å². The second-order valence-electron chi connectivity index (χ2n) is 3.68. The molecule has 1 aromatic rings. The van der Waals surface area contributed by atoms with Crippen LogP contribution in [0.5, 0.6) is 0 Å². The normalized spacial score (nSPS) is 22.4. The molecule has 0 aromatic carbocycles. The van der Waals surface area contributed by atoms with E-state index in [0.29, 0.717) is 6.04 Å². The first-order valence-corrected chi connectivity index (χ1v) is 4.74. The molecular weight excluding hydrogens is 166 g/mol. The van der Waals surface area contributed by atoms with Gasteiger partial charge in [0.15, 0.2) is 0 Å². The first kappa shape index (κ1) is 8.56. The molecule has 1 atom stereocenters. The molecule has 0 amide bonds. The molecule has 1 aliphatic rings. The van der Waals surface area contributed by atoms with Crippen molar-refractivity contribution >= 4 is 0 Å². The summed E-state index contributed by atoms with van der Waals surface area (Å²) in [5.74, 6) is 0. The van der Waals surface area contributed by atoms with Gasteiger partial charge in [-0.3, -0.25) is 14.6 Å². The summed E-state index contributed by atoms with van der Waals surface area (Å²) >= 11 is 0. The number of rotatable bonds is 2. The van der Waals surface area contributed by atoms with Crippen molar-refractivity contribution in [2.24, 2.45) is 7.05 Å². The maximum atomic E-state index is 11.1. The fraction of sp³-hybridized carbons (Fsp3) is 0.667. The third-order valence-corrected chi connectivity index (χ3v) is 2.57. The van der Waals surface area contributed by atoms with E-state index in [4.69, 9.17) is 0 Å². The topological polar surface area (TPSA) is 49.8 Å². The van der Waals surface area contributed by atoms with Crippen LogP contribution in [0.25, 0.3) is 0 Å². The molecule has 4 heteroatoms. The number of nitrogens with one attached hydrogen (secondary N) is 2. The SMILES string of the molecule is Cn1[nH]c(CC2CCCN2)cc1=O. The van der Waals surface area contributed by atoms with Crippen molar-refractivity contribution in [3.05, 3.63) is 22.1 Å². The number of hydrogen-bond donors (Lipinski definition) is 2. The van der Waals surface area contributed by atoms with Crippen LogP contribution in [0, 0.1) is 0 Å². The summed E-state index contributed by atoms with van der Waals surface area (Å²) in [7, 11) is 1.74. The number of hydrogen-bond acceptors (Lipinski definition) is 2. The van der Waals surface area contributed by atoms with Gasteiger partial charge in [0.1, 0.15) is 0 Å². The quantitative estimate of drug-likeness (QED) is 0.675. The van der Waals surface area contributed by atoms with E-state index in [1.54, 1.807) is 13.1 Å². The lowest BCUT2D eigenvalue weighted by atomic mass is 10.1. The van der Waals surface area contributed by atoms with Gasteiger partial charge >= 0.3 is 0 Å². The zero-order valence-corrected chi connectivity index (χ0v) is 7.84. The van der Waals surface area contributed by atoms with Gasteiger partial charge in [0.25, 0.3) is 5.56 Å². The summed E-state index contributed by atoms with van der Waals surface area (Å²) in [5, 5.41) is 6.44. The van der Waals surface area contributed by atoms with Gasteiger partial charge in [0.2, 0.25) is 0 Å². The van der Waals surface area contributed by atoms with Gasteiger partial charge in [-0.05, 0) is 19.4 Å². The average Bonchev–Trinajstić information content (AvgIpc) is 2.64. The number of aromatic amines is 1. The lowest BCUT2D eigenvalue weighted by molar-refractivity contribution is 0.586. The van der Waals surface area contributed by atoms with Crippen LogP contribution in [0.4, 0.5) is 0 Å². The zero-order valence-electron chi connectivity index (χ0n) is 7.84. The molecule has 0 aliphatic carbocycles. The van der Waals surface area contributed by atoms with E-state index in [1.807, 2.05) is 0 Å². The summed E-state index contributed by atoms with van der Waals surface area (Å²) in [5.41, 5.74) is 1.08. The van der Waals surface area contributed by atoms with Gasteiger partial charge < -0.3 is 5.32 Å². The van der Waals surface area contributed by atoms with E-state index in [2.05, 4.69) is 10.4 Å². The highest BCUT2D eigenvalue weighted by Crippen LogP contribution is 2.09. The second-order valence-corrected chi connectivity index (χ2v) is 3.68. The second kappa shape index (κ2) is 3.38. The molecular formula is C9H15N3O. The number of H-pyrrole nitrogens is 1. The lowest BCUT2D eigenvalue weighted by Gasteiger charge is -2.07. The molecule has 0 spiro atoms. The van der Waals surface area contributed by atoms with Crippen LogP contribution >= 0.6 is 0 Å². The van der Waals surface area contributed by atoms with E-state index in [0.717, 1.165) is 18.7 Å². The fourth-order valence-corrected chi connectivity index (χ4v) is 1.85. The molecule has 2 N–H and O–H groups in total. The van der Waals surface area contributed by atoms with Crippen molar-refractivity contribution in [2.45, 2.75) is 25.3 Å². The Morgan fingerprint density at radius 2 is 2.54 bits per heavy atom. The van der Waals surface area contributed by atoms with Gasteiger partial charge in [-0.25, -0.2) is 0 Å². The number of aryl methyl sites for hydroxylation is 1. The van der Waals surface area contributed by atoms with Crippen molar-refractivity contribution in [2.75, 3.05) is 6.54 Å². The van der Waals surface area contributed by atoms with E-state index in [9.17, 15) is 4.79 Å². The maximum absolute atomic E-state index is 11.1. The van der Waals surface area contributed by atoms with Gasteiger partial charge in [-0.2, -0.15) is 0 Å². The van der Waals surface area contributed by atoms with Crippen LogP contribution in [0.3, 0.4) is 0 Å². The Hall–Kier alpha value is -1.03. The molecule has 2 rings (SSSR count). The van der Waals surface area contributed by atoms with E-state index >= 15 is 0 Å². The van der Waals surface area contributed by atoms with Crippen LogP contribution in [-0.2, 0) is 13.5 Å². The molecule has 2 heterocycles. The summed E-state index contributed by atoms with van der Waals surface area (Å²) in [4.78, 5) is 11.1. The van der Waals surface area contributed by atoms with Gasteiger partial charge in [-0.1, -0.05) is 0 Å². The minimum absolute atomic E-state index is 0.0491. The fourth-order valence-electron chi connectivity index (χ4n) is 1.85. The van der Waals surface area contributed by atoms with Crippen molar-refractivity contribution in [1.29, 1.82) is 0 Å². The average molecular weight is 181 g/mol. The molecule has 72 valence electrons. The van der Waals surface area contributed by atoms with Gasteiger partial charge in [0, 0.05) is 31.3 Å². The van der Waals surface area contributed by atoms with Crippen molar-refractivity contribution in [3.63, 3.8) is 0 Å². The van der Waals surface area contributed by atoms with Crippen molar-refractivity contribution in [3.8, 4) is 0 Å². The molecule has 1 aromatic heterocycles. The first-order valence-electron chi connectivity index (χ1n) is 4.74. The van der Waals surface area contributed by atoms with Crippen LogP contribution in [0.1, 0.15) is 18.5 Å². The highest BCUT2D eigenvalue weighted by molar-refractivity contribution is 5.02. The standard InChI is InChI=1S/C9H15N3O/c1-12-9(13)6-8(11-12)5-7-3-2-4-10-7/h6-7,10-11H,2-5H2,1H3. The Balaban J connectivity index is 2.04. The maximum Gasteiger partial charge on any atom is 0.266 e. The van der Waals surface area contributed by atoms with E-state index in [-0.39, 0.29) is 5.56 Å². The summed E-state index contributed by atoms with van der Waals surface area (Å²) < 4.78 is 1.52. The molecule has 1 aliphatic heterocycles. The van der Waals surface area contributed by atoms with Crippen LogP contribution in [0.2, 0.25) is 0 Å². The predicted octanol–water partition coefficient (Wildman–Crippen LogP) is 0.00790. The zero-order chi connectivity index (χ0) is 9.26. The monoisotopic (exact) mass is 181 g/mol. The number of aromatic nitrogens is 2. The summed E-state index contributed by atoms with van der Waals surface area (Å²) in [6, 6.07) is 2.23. The summed E-state index contributed by atoms with van der Waals surface area (Å²) in [6.45, 7) is 1.11. The van der Waals surface area contributed by atoms with Crippen molar-refractivity contribution < 1.29 is 0 Å². The molecule has 13 heavy (non-hydrogen) atoms. The first-order chi connectivity index (χ1) is 6.25. The molecule has 4 nitrogen and oxygen atoms in total. The molecule has 1 unspecified atom stereocenters. The van der Waals surface area contributed by atoms with E-state index < -0.39 is 0 Å². The number of nitrogens with zero attached hydrogens (tertiary/aromatic N) is 1. The Bertz CT molecular complexity index is 333.